The minimum Gasteiger partial charge on any atom is -0.444 e. The molecule has 94 valence electrons. The molecule has 0 fully saturated rings. The van der Waals surface area contributed by atoms with Gasteiger partial charge in [0.25, 0.3) is 0 Å². The Labute approximate surface area is 105 Å². The summed E-state index contributed by atoms with van der Waals surface area (Å²) < 4.78 is 5.13. The Hall–Kier alpha value is -1.36. The highest BCUT2D eigenvalue weighted by atomic mass is 32.1. The lowest BCUT2D eigenvalue weighted by Crippen LogP contribution is -2.27. The Morgan fingerprint density at radius 3 is 2.41 bits per heavy atom. The van der Waals surface area contributed by atoms with Gasteiger partial charge in [-0.2, -0.15) is 0 Å². The van der Waals surface area contributed by atoms with E-state index in [9.17, 15) is 9.59 Å². The van der Waals surface area contributed by atoms with Gasteiger partial charge in [-0.15, -0.1) is 11.3 Å². The molecule has 1 N–H and O–H groups in total. The van der Waals surface area contributed by atoms with Crippen LogP contribution in [0.3, 0.4) is 0 Å². The first-order chi connectivity index (χ1) is 7.69. The minimum absolute atomic E-state index is 0.0691. The number of ether oxygens (including phenoxy) is 1. The van der Waals surface area contributed by atoms with Crippen molar-refractivity contribution in [3.63, 3.8) is 0 Å². The number of carbonyl (C=O) groups excluding carboxylic acids is 2. The molecule has 0 aromatic carbocycles. The van der Waals surface area contributed by atoms with Gasteiger partial charge in [-0.1, -0.05) is 0 Å². The van der Waals surface area contributed by atoms with Crippen LogP contribution in [0, 0.1) is 6.92 Å². The van der Waals surface area contributed by atoms with Gasteiger partial charge in [-0.05, 0) is 40.7 Å². The number of hydrogen-bond acceptors (Lipinski definition) is 4. The summed E-state index contributed by atoms with van der Waals surface area (Å²) in [5, 5.41) is 3.15. The molecule has 1 aromatic rings. The van der Waals surface area contributed by atoms with E-state index < -0.39 is 11.7 Å². The summed E-state index contributed by atoms with van der Waals surface area (Å²) in [6, 6.07) is 1.76. The summed E-state index contributed by atoms with van der Waals surface area (Å²) in [7, 11) is 0. The van der Waals surface area contributed by atoms with Crippen molar-refractivity contribution >= 4 is 28.2 Å². The molecule has 0 unspecified atom stereocenters. The maximum atomic E-state index is 11.6. The molecule has 0 saturated carbocycles. The minimum atomic E-state index is -0.549. The number of aryl methyl sites for hydroxylation is 1. The molecule has 1 aromatic heterocycles. The number of thiophene rings is 1. The van der Waals surface area contributed by atoms with Gasteiger partial charge in [-0.3, -0.25) is 10.1 Å². The van der Waals surface area contributed by atoms with Crippen LogP contribution in [0.2, 0.25) is 0 Å². The number of ketones is 1. The van der Waals surface area contributed by atoms with E-state index in [1.54, 1.807) is 26.8 Å². The maximum absolute atomic E-state index is 11.6. The van der Waals surface area contributed by atoms with Crippen molar-refractivity contribution in [3.8, 4) is 0 Å². The predicted octanol–water partition coefficient (Wildman–Crippen LogP) is 3.61. The van der Waals surface area contributed by atoms with Gasteiger partial charge in [0.2, 0.25) is 0 Å². The quantitative estimate of drug-likeness (QED) is 0.821. The number of amides is 1. The van der Waals surface area contributed by atoms with Crippen LogP contribution in [-0.4, -0.2) is 17.5 Å². The number of Topliss-reactive ketones (excluding diaryl/α,β-unsaturated/α-hetero) is 1. The van der Waals surface area contributed by atoms with Gasteiger partial charge in [0.05, 0.1) is 5.56 Å². The molecular formula is C12H17NO3S. The van der Waals surface area contributed by atoms with Gasteiger partial charge >= 0.3 is 6.09 Å². The molecule has 1 heterocycles. The van der Waals surface area contributed by atoms with Crippen molar-refractivity contribution in [2.24, 2.45) is 0 Å². The largest absolute Gasteiger partial charge is 0.444 e. The Morgan fingerprint density at radius 1 is 1.35 bits per heavy atom. The molecule has 0 bridgehead atoms. The van der Waals surface area contributed by atoms with Crippen molar-refractivity contribution in [2.75, 3.05) is 5.32 Å². The lowest BCUT2D eigenvalue weighted by Gasteiger charge is -2.19. The second kappa shape index (κ2) is 4.87. The molecule has 1 amide bonds. The average Bonchev–Trinajstić information content (AvgIpc) is 2.42. The second-order valence-corrected chi connectivity index (χ2v) is 6.04. The van der Waals surface area contributed by atoms with Crippen molar-refractivity contribution in [1.82, 2.24) is 0 Å². The highest BCUT2D eigenvalue weighted by molar-refractivity contribution is 7.16. The fourth-order valence-electron chi connectivity index (χ4n) is 1.26. The summed E-state index contributed by atoms with van der Waals surface area (Å²) in [6.45, 7) is 8.73. The first-order valence-corrected chi connectivity index (χ1v) is 6.12. The monoisotopic (exact) mass is 255 g/mol. The van der Waals surface area contributed by atoms with Gasteiger partial charge in [0, 0.05) is 4.88 Å². The lowest BCUT2D eigenvalue weighted by atomic mass is 10.2. The Balaban J connectivity index is 2.81. The molecule has 0 aliphatic rings. The first-order valence-electron chi connectivity index (χ1n) is 5.30. The zero-order chi connectivity index (χ0) is 13.2. The molecule has 0 radical (unpaired) electrons. The van der Waals surface area contributed by atoms with E-state index in [0.29, 0.717) is 10.6 Å². The third-order valence-electron chi connectivity index (χ3n) is 1.85. The molecule has 0 aliphatic carbocycles. The van der Waals surface area contributed by atoms with Crippen LogP contribution in [0.1, 0.15) is 42.9 Å². The molecule has 5 heteroatoms. The highest BCUT2D eigenvalue weighted by Gasteiger charge is 2.19. The van der Waals surface area contributed by atoms with E-state index in [1.165, 1.54) is 18.3 Å². The fraction of sp³-hybridized carbons (Fsp3) is 0.500. The van der Waals surface area contributed by atoms with Crippen molar-refractivity contribution in [3.05, 3.63) is 16.5 Å². The summed E-state index contributed by atoms with van der Waals surface area (Å²) in [5.41, 5.74) is -0.0226. The Kier molecular flexibility index (Phi) is 3.93. The molecule has 0 spiro atoms. The summed E-state index contributed by atoms with van der Waals surface area (Å²) in [5.74, 6) is -0.0691. The van der Waals surface area contributed by atoms with Crippen LogP contribution >= 0.6 is 11.3 Å². The van der Waals surface area contributed by atoms with E-state index >= 15 is 0 Å². The zero-order valence-corrected chi connectivity index (χ0v) is 11.5. The highest BCUT2D eigenvalue weighted by Crippen LogP contribution is 2.28. The number of nitrogens with one attached hydrogen (secondary N) is 1. The van der Waals surface area contributed by atoms with Crippen molar-refractivity contribution < 1.29 is 14.3 Å². The van der Waals surface area contributed by atoms with Crippen molar-refractivity contribution in [1.29, 1.82) is 0 Å². The Bertz CT molecular complexity index is 443. The van der Waals surface area contributed by atoms with Gasteiger partial charge < -0.3 is 4.74 Å². The summed E-state index contributed by atoms with van der Waals surface area (Å²) in [4.78, 5) is 23.9. The van der Waals surface area contributed by atoms with E-state index in [2.05, 4.69) is 5.32 Å². The molecule has 1 rings (SSSR count). The van der Waals surface area contributed by atoms with Crippen LogP contribution in [0.5, 0.6) is 0 Å². The fourth-order valence-corrected chi connectivity index (χ4v) is 2.21. The smallest absolute Gasteiger partial charge is 0.412 e. The number of hydrogen-bond donors (Lipinski definition) is 1. The molecule has 4 nitrogen and oxygen atoms in total. The summed E-state index contributed by atoms with van der Waals surface area (Å²) >= 11 is 1.36. The van der Waals surface area contributed by atoms with E-state index in [4.69, 9.17) is 4.74 Å². The third-order valence-corrected chi connectivity index (χ3v) is 2.81. The number of carbonyl (C=O) groups is 2. The van der Waals surface area contributed by atoms with Gasteiger partial charge in [-0.25, -0.2) is 4.79 Å². The van der Waals surface area contributed by atoms with E-state index in [-0.39, 0.29) is 5.78 Å². The van der Waals surface area contributed by atoms with E-state index in [0.717, 1.165) is 4.88 Å². The topological polar surface area (TPSA) is 55.4 Å². The average molecular weight is 255 g/mol. The molecule has 17 heavy (non-hydrogen) atoms. The van der Waals surface area contributed by atoms with Crippen molar-refractivity contribution in [2.45, 2.75) is 40.2 Å². The van der Waals surface area contributed by atoms with Crippen LogP contribution in [0.25, 0.3) is 0 Å². The van der Waals surface area contributed by atoms with Crippen LogP contribution in [0.15, 0.2) is 6.07 Å². The molecule has 0 saturated heterocycles. The Morgan fingerprint density at radius 2 is 1.94 bits per heavy atom. The number of rotatable bonds is 2. The van der Waals surface area contributed by atoms with Gasteiger partial charge in [0.15, 0.2) is 5.78 Å². The predicted molar refractivity (Wildman–Crippen MR) is 68.9 cm³/mol. The third kappa shape index (κ3) is 4.19. The lowest BCUT2D eigenvalue weighted by molar-refractivity contribution is 0.0636. The van der Waals surface area contributed by atoms with Crippen LogP contribution in [0.4, 0.5) is 9.80 Å². The molecular weight excluding hydrogens is 238 g/mol. The first kappa shape index (κ1) is 13.7. The number of anilines is 1. The zero-order valence-electron chi connectivity index (χ0n) is 10.7. The summed E-state index contributed by atoms with van der Waals surface area (Å²) in [6.07, 6.45) is -0.540. The normalized spacial score (nSPS) is 11.1. The maximum Gasteiger partial charge on any atom is 0.412 e. The van der Waals surface area contributed by atoms with E-state index in [1.807, 2.05) is 6.92 Å². The van der Waals surface area contributed by atoms with Crippen LogP contribution in [-0.2, 0) is 4.74 Å². The standard InChI is InChI=1S/C12H17NO3S/c1-7-6-9(8(2)14)10(17-7)13-11(15)16-12(3,4)5/h6H,1-5H3,(H,13,15). The SMILES string of the molecule is CC(=O)c1cc(C)sc1NC(=O)OC(C)(C)C. The second-order valence-electron chi connectivity index (χ2n) is 4.78. The molecule has 0 atom stereocenters. The van der Waals surface area contributed by atoms with Crippen LogP contribution < -0.4 is 5.32 Å². The van der Waals surface area contributed by atoms with Gasteiger partial charge in [0.1, 0.15) is 10.6 Å². The molecule has 0 aliphatic heterocycles.